The van der Waals surface area contributed by atoms with Crippen molar-refractivity contribution < 1.29 is 13.9 Å². The van der Waals surface area contributed by atoms with Crippen LogP contribution in [0.3, 0.4) is 0 Å². The van der Waals surface area contributed by atoms with Crippen molar-refractivity contribution in [2.45, 2.75) is 32.7 Å². The molecule has 0 aliphatic rings. The summed E-state index contributed by atoms with van der Waals surface area (Å²) in [6.45, 7) is 3.51. The Morgan fingerprint density at radius 2 is 1.91 bits per heavy atom. The van der Waals surface area contributed by atoms with Crippen molar-refractivity contribution in [2.75, 3.05) is 0 Å². The summed E-state index contributed by atoms with van der Waals surface area (Å²) in [5, 5.41) is 2.86. The standard InChI is InChI=1S/C17H19FN2O2/c1-12(20-13(2)21)3-4-14-5-7-15(8-6-14)22-16-9-10-17(18)19-11-16/h5-12H,3-4H2,1-2H3,(H,20,21). The number of carbonyl (C=O) groups excluding carboxylic acids is 1. The fourth-order valence-corrected chi connectivity index (χ4v) is 2.09. The van der Waals surface area contributed by atoms with Crippen molar-refractivity contribution in [1.29, 1.82) is 0 Å². The van der Waals surface area contributed by atoms with Crippen molar-refractivity contribution in [1.82, 2.24) is 10.3 Å². The van der Waals surface area contributed by atoms with Crippen LogP contribution in [-0.4, -0.2) is 16.9 Å². The molecule has 4 nitrogen and oxygen atoms in total. The number of hydrogen-bond donors (Lipinski definition) is 1. The number of halogens is 1. The Hall–Kier alpha value is -2.43. The van der Waals surface area contributed by atoms with E-state index in [2.05, 4.69) is 10.3 Å². The lowest BCUT2D eigenvalue weighted by atomic mass is 10.1. The Kier molecular flexibility index (Phi) is 5.47. The van der Waals surface area contributed by atoms with Gasteiger partial charge in [0.1, 0.15) is 11.5 Å². The number of pyridine rings is 1. The predicted octanol–water partition coefficient (Wildman–Crippen LogP) is 3.47. The maximum absolute atomic E-state index is 12.7. The highest BCUT2D eigenvalue weighted by Gasteiger charge is 2.04. The average Bonchev–Trinajstić information content (AvgIpc) is 2.48. The average molecular weight is 302 g/mol. The molecule has 2 aromatic rings. The Labute approximate surface area is 129 Å². The Morgan fingerprint density at radius 1 is 1.23 bits per heavy atom. The third kappa shape index (κ3) is 5.16. The second-order valence-electron chi connectivity index (χ2n) is 5.20. The first kappa shape index (κ1) is 15.9. The molecule has 1 atom stereocenters. The summed E-state index contributed by atoms with van der Waals surface area (Å²) < 4.78 is 18.3. The molecule has 0 saturated carbocycles. The molecular weight excluding hydrogens is 283 g/mol. The van der Waals surface area contributed by atoms with Crippen LogP contribution < -0.4 is 10.1 Å². The van der Waals surface area contributed by atoms with E-state index in [9.17, 15) is 9.18 Å². The molecule has 0 bridgehead atoms. The van der Waals surface area contributed by atoms with Crippen LogP contribution >= 0.6 is 0 Å². The van der Waals surface area contributed by atoms with Gasteiger partial charge in [-0.1, -0.05) is 12.1 Å². The highest BCUT2D eigenvalue weighted by Crippen LogP contribution is 2.21. The molecule has 1 N–H and O–H groups in total. The number of aryl methyl sites for hydroxylation is 1. The molecule has 0 spiro atoms. The number of rotatable bonds is 6. The highest BCUT2D eigenvalue weighted by atomic mass is 19.1. The number of nitrogens with zero attached hydrogens (tertiary/aromatic N) is 1. The van der Waals surface area contributed by atoms with Gasteiger partial charge in [0, 0.05) is 13.0 Å². The van der Waals surface area contributed by atoms with Crippen LogP contribution in [0.5, 0.6) is 11.5 Å². The Balaban J connectivity index is 1.87. The second kappa shape index (κ2) is 7.54. The molecule has 0 fully saturated rings. The van der Waals surface area contributed by atoms with Gasteiger partial charge in [0.05, 0.1) is 6.20 Å². The molecule has 0 saturated heterocycles. The Bertz CT molecular complexity index is 612. The van der Waals surface area contributed by atoms with E-state index < -0.39 is 5.95 Å². The monoisotopic (exact) mass is 302 g/mol. The number of aromatic nitrogens is 1. The third-order valence-corrected chi connectivity index (χ3v) is 3.17. The molecule has 0 radical (unpaired) electrons. The zero-order chi connectivity index (χ0) is 15.9. The summed E-state index contributed by atoms with van der Waals surface area (Å²) in [5.74, 6) is 0.626. The van der Waals surface area contributed by atoms with Crippen molar-refractivity contribution in [3.8, 4) is 11.5 Å². The van der Waals surface area contributed by atoms with Crippen LogP contribution in [0.2, 0.25) is 0 Å². The smallest absolute Gasteiger partial charge is 0.217 e. The van der Waals surface area contributed by atoms with Gasteiger partial charge in [-0.2, -0.15) is 4.39 Å². The number of nitrogens with one attached hydrogen (secondary N) is 1. The van der Waals surface area contributed by atoms with E-state index in [0.29, 0.717) is 11.5 Å². The van der Waals surface area contributed by atoms with Gasteiger partial charge >= 0.3 is 0 Å². The van der Waals surface area contributed by atoms with Crippen LogP contribution in [-0.2, 0) is 11.2 Å². The van der Waals surface area contributed by atoms with Crippen LogP contribution in [0.15, 0.2) is 42.6 Å². The minimum atomic E-state index is -0.531. The molecule has 1 aromatic carbocycles. The number of hydrogen-bond acceptors (Lipinski definition) is 3. The number of ether oxygens (including phenoxy) is 1. The molecule has 116 valence electrons. The lowest BCUT2D eigenvalue weighted by Crippen LogP contribution is -2.30. The topological polar surface area (TPSA) is 51.2 Å². The summed E-state index contributed by atoms with van der Waals surface area (Å²) in [7, 11) is 0. The maximum Gasteiger partial charge on any atom is 0.217 e. The second-order valence-corrected chi connectivity index (χ2v) is 5.20. The highest BCUT2D eigenvalue weighted by molar-refractivity contribution is 5.73. The molecule has 1 heterocycles. The molecule has 5 heteroatoms. The van der Waals surface area contributed by atoms with Gasteiger partial charge in [-0.15, -0.1) is 0 Å². The zero-order valence-corrected chi connectivity index (χ0v) is 12.7. The molecule has 2 rings (SSSR count). The fraction of sp³-hybridized carbons (Fsp3) is 0.294. The van der Waals surface area contributed by atoms with Crippen LogP contribution in [0, 0.1) is 5.95 Å². The fourth-order valence-electron chi connectivity index (χ4n) is 2.09. The number of amides is 1. The van der Waals surface area contributed by atoms with Gasteiger partial charge in [0.2, 0.25) is 11.9 Å². The van der Waals surface area contributed by atoms with Crippen LogP contribution in [0.4, 0.5) is 4.39 Å². The van der Waals surface area contributed by atoms with Gasteiger partial charge in [0.15, 0.2) is 0 Å². The van der Waals surface area contributed by atoms with E-state index in [-0.39, 0.29) is 11.9 Å². The van der Waals surface area contributed by atoms with Crippen molar-refractivity contribution in [3.63, 3.8) is 0 Å². The third-order valence-electron chi connectivity index (χ3n) is 3.17. The summed E-state index contributed by atoms with van der Waals surface area (Å²) in [6.07, 6.45) is 3.10. The molecular formula is C17H19FN2O2. The maximum atomic E-state index is 12.7. The largest absolute Gasteiger partial charge is 0.456 e. The first-order valence-corrected chi connectivity index (χ1v) is 7.18. The van der Waals surface area contributed by atoms with Gasteiger partial charge in [-0.25, -0.2) is 4.98 Å². The quantitative estimate of drug-likeness (QED) is 0.831. The van der Waals surface area contributed by atoms with Gasteiger partial charge in [-0.3, -0.25) is 4.79 Å². The van der Waals surface area contributed by atoms with Gasteiger partial charge < -0.3 is 10.1 Å². The number of carbonyl (C=O) groups is 1. The van der Waals surface area contributed by atoms with E-state index in [4.69, 9.17) is 4.74 Å². The van der Waals surface area contributed by atoms with E-state index in [0.717, 1.165) is 12.8 Å². The normalized spacial score (nSPS) is 11.8. The molecule has 1 aromatic heterocycles. The predicted molar refractivity (Wildman–Crippen MR) is 82.3 cm³/mol. The minimum Gasteiger partial charge on any atom is -0.456 e. The SMILES string of the molecule is CC(=O)NC(C)CCc1ccc(Oc2ccc(F)nc2)cc1. The molecule has 0 aliphatic carbocycles. The van der Waals surface area contributed by atoms with Crippen LogP contribution in [0.1, 0.15) is 25.8 Å². The lowest BCUT2D eigenvalue weighted by molar-refractivity contribution is -0.119. The summed E-state index contributed by atoms with van der Waals surface area (Å²) in [4.78, 5) is 14.5. The first-order chi connectivity index (χ1) is 10.5. The summed E-state index contributed by atoms with van der Waals surface area (Å²) in [6, 6.07) is 10.6. The van der Waals surface area contributed by atoms with E-state index in [1.165, 1.54) is 30.8 Å². The summed E-state index contributed by atoms with van der Waals surface area (Å²) in [5.41, 5.74) is 1.17. The zero-order valence-electron chi connectivity index (χ0n) is 12.7. The first-order valence-electron chi connectivity index (χ1n) is 7.18. The van der Waals surface area contributed by atoms with E-state index >= 15 is 0 Å². The van der Waals surface area contributed by atoms with E-state index in [1.54, 1.807) is 0 Å². The summed E-state index contributed by atoms with van der Waals surface area (Å²) >= 11 is 0. The van der Waals surface area contributed by atoms with Crippen molar-refractivity contribution in [3.05, 3.63) is 54.1 Å². The Morgan fingerprint density at radius 3 is 2.50 bits per heavy atom. The molecule has 22 heavy (non-hydrogen) atoms. The minimum absolute atomic E-state index is 0.0100. The van der Waals surface area contributed by atoms with Gasteiger partial charge in [-0.05, 0) is 49.6 Å². The molecule has 0 aliphatic heterocycles. The van der Waals surface area contributed by atoms with Gasteiger partial charge in [0.25, 0.3) is 0 Å². The van der Waals surface area contributed by atoms with Crippen LogP contribution in [0.25, 0.3) is 0 Å². The molecule has 1 unspecified atom stereocenters. The van der Waals surface area contributed by atoms with E-state index in [1.807, 2.05) is 31.2 Å². The lowest BCUT2D eigenvalue weighted by Gasteiger charge is -2.12. The molecule has 1 amide bonds. The van der Waals surface area contributed by atoms with Crippen molar-refractivity contribution in [2.24, 2.45) is 0 Å². The van der Waals surface area contributed by atoms with Crippen molar-refractivity contribution >= 4 is 5.91 Å². The number of benzene rings is 1.